The number of benzene rings is 2. The first-order valence-corrected chi connectivity index (χ1v) is 6.84. The zero-order chi connectivity index (χ0) is 14.7. The van der Waals surface area contributed by atoms with Crippen molar-refractivity contribution in [1.82, 2.24) is 9.55 Å². The van der Waals surface area contributed by atoms with E-state index in [9.17, 15) is 5.26 Å². The summed E-state index contributed by atoms with van der Waals surface area (Å²) in [6.07, 6.45) is 3.73. The second-order valence-corrected chi connectivity index (χ2v) is 5.00. The molecule has 0 saturated heterocycles. The Hall–Kier alpha value is -2.86. The lowest BCUT2D eigenvalue weighted by Crippen LogP contribution is -1.98. The van der Waals surface area contributed by atoms with E-state index >= 15 is 0 Å². The topological polar surface area (TPSA) is 41.6 Å². The first kappa shape index (κ1) is 13.1. The summed E-state index contributed by atoms with van der Waals surface area (Å²) in [5.74, 6) is 0. The van der Waals surface area contributed by atoms with Crippen molar-refractivity contribution >= 4 is 17.1 Å². The van der Waals surface area contributed by atoms with Crippen molar-refractivity contribution in [2.24, 2.45) is 0 Å². The van der Waals surface area contributed by atoms with E-state index in [-0.39, 0.29) is 0 Å². The van der Waals surface area contributed by atoms with Gasteiger partial charge in [0.15, 0.2) is 0 Å². The lowest BCUT2D eigenvalue weighted by molar-refractivity contribution is 0.830. The standard InChI is InChI=1S/C18H15N3/c1-14-6-2-3-7-16(14)10-15(11-19)12-21-13-20-17-8-4-5-9-18(17)21/h2-10,13H,12H2,1H3/b15-10-. The Balaban J connectivity index is 1.95. The van der Waals surface area contributed by atoms with Crippen molar-refractivity contribution in [2.45, 2.75) is 13.5 Å². The van der Waals surface area contributed by atoms with E-state index in [2.05, 4.69) is 11.1 Å². The molecule has 0 radical (unpaired) electrons. The largest absolute Gasteiger partial charge is 0.325 e. The predicted octanol–water partition coefficient (Wildman–Crippen LogP) is 3.95. The molecular weight excluding hydrogens is 258 g/mol. The van der Waals surface area contributed by atoms with E-state index in [0.29, 0.717) is 12.1 Å². The average Bonchev–Trinajstić information content (AvgIpc) is 2.92. The summed E-state index contributed by atoms with van der Waals surface area (Å²) >= 11 is 0. The Bertz CT molecular complexity index is 850. The normalized spacial score (nSPS) is 11.5. The Labute approximate surface area is 123 Å². The van der Waals surface area contributed by atoms with Crippen LogP contribution in [0.5, 0.6) is 0 Å². The van der Waals surface area contributed by atoms with Gasteiger partial charge in [0.2, 0.25) is 0 Å². The molecule has 21 heavy (non-hydrogen) atoms. The van der Waals surface area contributed by atoms with Crippen LogP contribution in [-0.4, -0.2) is 9.55 Å². The monoisotopic (exact) mass is 273 g/mol. The van der Waals surface area contributed by atoms with Gasteiger partial charge in [-0.15, -0.1) is 0 Å². The number of hydrogen-bond donors (Lipinski definition) is 0. The summed E-state index contributed by atoms with van der Waals surface area (Å²) in [6.45, 7) is 2.58. The Morgan fingerprint density at radius 2 is 1.95 bits per heavy atom. The van der Waals surface area contributed by atoms with Crippen molar-refractivity contribution in [1.29, 1.82) is 5.26 Å². The summed E-state index contributed by atoms with van der Waals surface area (Å²) in [6, 6.07) is 18.3. The highest BCUT2D eigenvalue weighted by Gasteiger charge is 2.04. The van der Waals surface area contributed by atoms with Crippen LogP contribution in [0.1, 0.15) is 11.1 Å². The van der Waals surface area contributed by atoms with Crippen LogP contribution in [-0.2, 0) is 6.54 Å². The molecule has 0 unspecified atom stereocenters. The van der Waals surface area contributed by atoms with Crippen LogP contribution in [0.3, 0.4) is 0 Å². The van der Waals surface area contributed by atoms with Gasteiger partial charge >= 0.3 is 0 Å². The molecule has 0 fully saturated rings. The van der Waals surface area contributed by atoms with Gasteiger partial charge in [0.05, 0.1) is 30.0 Å². The lowest BCUT2D eigenvalue weighted by Gasteiger charge is -2.04. The SMILES string of the molecule is Cc1ccccc1/C=C(/C#N)Cn1cnc2ccccc21. The van der Waals surface area contributed by atoms with Crippen molar-refractivity contribution in [3.05, 3.63) is 71.6 Å². The molecule has 2 aromatic carbocycles. The molecule has 1 heterocycles. The summed E-state index contributed by atoms with van der Waals surface area (Å²) in [7, 11) is 0. The van der Waals surface area contributed by atoms with Gasteiger partial charge in [-0.1, -0.05) is 36.4 Å². The lowest BCUT2D eigenvalue weighted by atomic mass is 10.1. The molecule has 0 aliphatic heterocycles. The van der Waals surface area contributed by atoms with Crippen LogP contribution in [0.15, 0.2) is 60.4 Å². The smallest absolute Gasteiger partial charge is 0.0966 e. The minimum Gasteiger partial charge on any atom is -0.325 e. The quantitative estimate of drug-likeness (QED) is 0.678. The summed E-state index contributed by atoms with van der Waals surface area (Å²) in [5, 5.41) is 9.40. The predicted molar refractivity (Wildman–Crippen MR) is 84.5 cm³/mol. The van der Waals surface area contributed by atoms with E-state index in [0.717, 1.165) is 16.6 Å². The van der Waals surface area contributed by atoms with E-state index in [1.165, 1.54) is 5.56 Å². The number of nitriles is 1. The molecule has 0 N–H and O–H groups in total. The number of imidazole rings is 1. The Morgan fingerprint density at radius 3 is 2.76 bits per heavy atom. The van der Waals surface area contributed by atoms with Crippen LogP contribution in [0.25, 0.3) is 17.1 Å². The molecular formula is C18H15N3. The highest BCUT2D eigenvalue weighted by atomic mass is 15.0. The molecule has 0 atom stereocenters. The van der Waals surface area contributed by atoms with Crippen molar-refractivity contribution in [2.75, 3.05) is 0 Å². The minimum atomic E-state index is 0.533. The molecule has 0 aliphatic rings. The fraction of sp³-hybridized carbons (Fsp3) is 0.111. The molecule has 3 nitrogen and oxygen atoms in total. The average molecular weight is 273 g/mol. The van der Waals surface area contributed by atoms with Gasteiger partial charge < -0.3 is 4.57 Å². The molecule has 0 bridgehead atoms. The van der Waals surface area contributed by atoms with Crippen LogP contribution in [0, 0.1) is 18.3 Å². The van der Waals surface area contributed by atoms with Gasteiger partial charge in [0.25, 0.3) is 0 Å². The molecule has 102 valence electrons. The van der Waals surface area contributed by atoms with Crippen LogP contribution in [0.4, 0.5) is 0 Å². The van der Waals surface area contributed by atoms with Crippen LogP contribution < -0.4 is 0 Å². The van der Waals surface area contributed by atoms with Crippen molar-refractivity contribution < 1.29 is 0 Å². The van der Waals surface area contributed by atoms with E-state index in [4.69, 9.17) is 0 Å². The Kier molecular flexibility index (Phi) is 3.53. The zero-order valence-electron chi connectivity index (χ0n) is 11.8. The minimum absolute atomic E-state index is 0.533. The fourth-order valence-electron chi connectivity index (χ4n) is 2.37. The highest BCUT2D eigenvalue weighted by Crippen LogP contribution is 2.16. The van der Waals surface area contributed by atoms with Gasteiger partial charge in [-0.2, -0.15) is 5.26 Å². The first-order valence-electron chi connectivity index (χ1n) is 6.84. The molecule has 3 rings (SSSR count). The van der Waals surface area contributed by atoms with Crippen molar-refractivity contribution in [3.8, 4) is 6.07 Å². The van der Waals surface area contributed by atoms with Gasteiger partial charge in [0.1, 0.15) is 0 Å². The molecule has 3 aromatic rings. The number of aromatic nitrogens is 2. The number of hydrogen-bond acceptors (Lipinski definition) is 2. The Morgan fingerprint density at radius 1 is 1.19 bits per heavy atom. The van der Waals surface area contributed by atoms with Gasteiger partial charge in [-0.3, -0.25) is 0 Å². The number of nitrogens with zero attached hydrogens (tertiary/aromatic N) is 3. The summed E-state index contributed by atoms with van der Waals surface area (Å²) in [5.41, 5.74) is 4.96. The molecule has 0 spiro atoms. The van der Waals surface area contributed by atoms with Gasteiger partial charge in [0, 0.05) is 5.57 Å². The van der Waals surface area contributed by atoms with E-state index in [1.807, 2.05) is 66.1 Å². The summed E-state index contributed by atoms with van der Waals surface area (Å²) < 4.78 is 2.00. The number of fused-ring (bicyclic) bond motifs is 1. The van der Waals surface area contributed by atoms with Gasteiger partial charge in [-0.25, -0.2) is 4.98 Å². The second-order valence-electron chi connectivity index (χ2n) is 5.00. The fourth-order valence-corrected chi connectivity index (χ4v) is 2.37. The maximum atomic E-state index is 9.40. The molecule has 0 amide bonds. The maximum absolute atomic E-state index is 9.40. The number of rotatable bonds is 3. The third-order valence-electron chi connectivity index (χ3n) is 3.53. The third-order valence-corrected chi connectivity index (χ3v) is 3.53. The summed E-state index contributed by atoms with van der Waals surface area (Å²) in [4.78, 5) is 4.36. The number of aryl methyl sites for hydroxylation is 1. The van der Waals surface area contributed by atoms with Gasteiger partial charge in [-0.05, 0) is 36.3 Å². The van der Waals surface area contributed by atoms with E-state index < -0.39 is 0 Å². The van der Waals surface area contributed by atoms with E-state index in [1.54, 1.807) is 6.33 Å². The number of allylic oxidation sites excluding steroid dienone is 1. The first-order chi connectivity index (χ1) is 10.3. The zero-order valence-corrected chi connectivity index (χ0v) is 11.8. The number of para-hydroxylation sites is 2. The van der Waals surface area contributed by atoms with Crippen molar-refractivity contribution in [3.63, 3.8) is 0 Å². The molecule has 0 saturated carbocycles. The third kappa shape index (κ3) is 2.70. The molecule has 0 aliphatic carbocycles. The van der Waals surface area contributed by atoms with Crippen LogP contribution >= 0.6 is 0 Å². The second kappa shape index (κ2) is 5.64. The van der Waals surface area contributed by atoms with Crippen LogP contribution in [0.2, 0.25) is 0 Å². The highest BCUT2D eigenvalue weighted by molar-refractivity contribution is 5.75. The maximum Gasteiger partial charge on any atom is 0.0966 e. The molecule has 1 aromatic heterocycles. The molecule has 3 heteroatoms.